The molecule has 3 rings (SSSR count). The largest absolute Gasteiger partial charge is 0.355 e. The lowest BCUT2D eigenvalue weighted by atomic mass is 10.1. The molecule has 0 bridgehead atoms. The van der Waals surface area contributed by atoms with Crippen LogP contribution in [0.15, 0.2) is 52.0 Å². The highest BCUT2D eigenvalue weighted by Crippen LogP contribution is 2.24. The van der Waals surface area contributed by atoms with Gasteiger partial charge in [0.05, 0.1) is 6.21 Å². The first-order valence-corrected chi connectivity index (χ1v) is 9.08. The van der Waals surface area contributed by atoms with Crippen molar-refractivity contribution in [1.82, 2.24) is 10.7 Å². The van der Waals surface area contributed by atoms with Crippen LogP contribution in [0.3, 0.4) is 0 Å². The fourth-order valence-electron chi connectivity index (χ4n) is 2.32. The number of nitrogens with zero attached hydrogens (tertiary/aromatic N) is 1. The maximum Gasteiger partial charge on any atom is 0.329 e. The second kappa shape index (κ2) is 8.14. The minimum atomic E-state index is -0.767. The molecule has 6 nitrogen and oxygen atoms in total. The van der Waals surface area contributed by atoms with Crippen LogP contribution < -0.4 is 16.1 Å². The second-order valence-corrected chi connectivity index (χ2v) is 7.09. The Morgan fingerprint density at radius 2 is 1.96 bits per heavy atom. The minimum Gasteiger partial charge on any atom is -0.355 e. The lowest BCUT2D eigenvalue weighted by Gasteiger charge is -2.10. The summed E-state index contributed by atoms with van der Waals surface area (Å²) in [6, 6.07) is 13.8. The quantitative estimate of drug-likeness (QED) is 0.399. The molecule has 7 heteroatoms. The van der Waals surface area contributed by atoms with Gasteiger partial charge in [0.15, 0.2) is 0 Å². The van der Waals surface area contributed by atoms with Gasteiger partial charge in [-0.2, -0.15) is 5.10 Å². The number of benzene rings is 2. The number of hydrazone groups is 1. The number of carbonyl (C=O) groups excluding carboxylic acids is 2. The first kappa shape index (κ1) is 18.1. The molecule has 1 aliphatic carbocycles. The monoisotopic (exact) mass is 414 g/mol. The maximum absolute atomic E-state index is 11.7. The molecule has 134 valence electrons. The van der Waals surface area contributed by atoms with Gasteiger partial charge in [-0.05, 0) is 55.7 Å². The second-order valence-electron chi connectivity index (χ2n) is 6.17. The van der Waals surface area contributed by atoms with Crippen LogP contribution in [0, 0.1) is 6.92 Å². The molecule has 1 aliphatic rings. The Morgan fingerprint density at radius 1 is 1.15 bits per heavy atom. The Balaban J connectivity index is 1.68. The fourth-order valence-corrected chi connectivity index (χ4v) is 2.70. The Labute approximate surface area is 160 Å². The molecular weight excluding hydrogens is 396 g/mol. The van der Waals surface area contributed by atoms with Crippen molar-refractivity contribution < 1.29 is 9.59 Å². The van der Waals surface area contributed by atoms with Gasteiger partial charge in [0.25, 0.3) is 0 Å². The zero-order chi connectivity index (χ0) is 18.5. The van der Waals surface area contributed by atoms with E-state index in [1.807, 2.05) is 49.4 Å². The van der Waals surface area contributed by atoms with E-state index in [1.54, 1.807) is 0 Å². The number of halogens is 1. The topological polar surface area (TPSA) is 82.6 Å². The molecule has 0 spiro atoms. The van der Waals surface area contributed by atoms with Crippen molar-refractivity contribution >= 4 is 45.3 Å². The highest BCUT2D eigenvalue weighted by molar-refractivity contribution is 9.10. The van der Waals surface area contributed by atoms with E-state index in [4.69, 9.17) is 0 Å². The highest BCUT2D eigenvalue weighted by atomic mass is 79.9. The molecule has 0 saturated heterocycles. The molecule has 3 N–H and O–H groups in total. The predicted molar refractivity (Wildman–Crippen MR) is 106 cm³/mol. The molecule has 0 atom stereocenters. The Hall–Kier alpha value is -2.67. The smallest absolute Gasteiger partial charge is 0.329 e. The van der Waals surface area contributed by atoms with E-state index in [0.717, 1.165) is 39.8 Å². The van der Waals surface area contributed by atoms with E-state index in [9.17, 15) is 9.59 Å². The van der Waals surface area contributed by atoms with Gasteiger partial charge in [-0.25, -0.2) is 5.43 Å². The summed E-state index contributed by atoms with van der Waals surface area (Å²) in [5.41, 5.74) is 5.96. The first-order chi connectivity index (χ1) is 12.5. The SMILES string of the molecule is Cc1cccc(Nc2ccc(Br)cc2/C=N\NC(=O)C(=O)NC2CC2)c1. The molecule has 26 heavy (non-hydrogen) atoms. The van der Waals surface area contributed by atoms with Crippen molar-refractivity contribution in [2.75, 3.05) is 5.32 Å². The van der Waals surface area contributed by atoms with E-state index < -0.39 is 11.8 Å². The highest BCUT2D eigenvalue weighted by Gasteiger charge is 2.26. The van der Waals surface area contributed by atoms with Gasteiger partial charge in [0, 0.05) is 27.5 Å². The number of anilines is 2. The van der Waals surface area contributed by atoms with Crippen molar-refractivity contribution in [1.29, 1.82) is 0 Å². The maximum atomic E-state index is 11.7. The van der Waals surface area contributed by atoms with Crippen LogP contribution in [0.1, 0.15) is 24.0 Å². The summed E-state index contributed by atoms with van der Waals surface area (Å²) in [5, 5.41) is 9.85. The van der Waals surface area contributed by atoms with Gasteiger partial charge in [-0.1, -0.05) is 28.1 Å². The van der Waals surface area contributed by atoms with Gasteiger partial charge >= 0.3 is 11.8 Å². The summed E-state index contributed by atoms with van der Waals surface area (Å²) in [6.45, 7) is 2.03. The van der Waals surface area contributed by atoms with Crippen molar-refractivity contribution in [3.63, 3.8) is 0 Å². The van der Waals surface area contributed by atoms with Gasteiger partial charge in [-0.3, -0.25) is 9.59 Å². The Morgan fingerprint density at radius 3 is 2.69 bits per heavy atom. The molecular formula is C19H19BrN4O2. The van der Waals surface area contributed by atoms with Crippen LogP contribution in [-0.4, -0.2) is 24.1 Å². The number of hydrogen-bond acceptors (Lipinski definition) is 4. The molecule has 0 unspecified atom stereocenters. The molecule has 0 aliphatic heterocycles. The van der Waals surface area contributed by atoms with E-state index in [2.05, 4.69) is 37.1 Å². The van der Waals surface area contributed by atoms with Gasteiger partial charge < -0.3 is 10.6 Å². The van der Waals surface area contributed by atoms with Crippen LogP contribution in [0.2, 0.25) is 0 Å². The zero-order valence-electron chi connectivity index (χ0n) is 14.3. The van der Waals surface area contributed by atoms with Crippen molar-refractivity contribution in [3.8, 4) is 0 Å². The van der Waals surface area contributed by atoms with Crippen molar-refractivity contribution in [2.24, 2.45) is 5.10 Å². The third kappa shape index (κ3) is 5.16. The Bertz CT molecular complexity index is 862. The van der Waals surface area contributed by atoms with Gasteiger partial charge in [0.2, 0.25) is 0 Å². The molecule has 0 aromatic heterocycles. The predicted octanol–water partition coefficient (Wildman–Crippen LogP) is 3.23. The van der Waals surface area contributed by atoms with Crippen LogP contribution >= 0.6 is 15.9 Å². The minimum absolute atomic E-state index is 0.132. The van der Waals surface area contributed by atoms with E-state index in [0.29, 0.717) is 0 Å². The molecule has 2 aromatic rings. The van der Waals surface area contributed by atoms with Crippen LogP contribution in [0.4, 0.5) is 11.4 Å². The molecule has 1 fully saturated rings. The van der Waals surface area contributed by atoms with Crippen LogP contribution in [0.25, 0.3) is 0 Å². The van der Waals surface area contributed by atoms with Crippen molar-refractivity contribution in [2.45, 2.75) is 25.8 Å². The number of amides is 2. The summed E-state index contributed by atoms with van der Waals surface area (Å²) in [7, 11) is 0. The molecule has 2 amide bonds. The normalized spacial score (nSPS) is 13.5. The number of carbonyl (C=O) groups is 2. The molecule has 0 radical (unpaired) electrons. The summed E-state index contributed by atoms with van der Waals surface area (Å²) in [4.78, 5) is 23.3. The van der Waals surface area contributed by atoms with Crippen molar-refractivity contribution in [3.05, 3.63) is 58.1 Å². The number of rotatable bonds is 5. The number of hydrogen-bond donors (Lipinski definition) is 3. The van der Waals surface area contributed by atoms with Gasteiger partial charge in [-0.15, -0.1) is 0 Å². The summed E-state index contributed by atoms with van der Waals surface area (Å²) < 4.78 is 0.881. The van der Waals surface area contributed by atoms with Crippen LogP contribution in [0.5, 0.6) is 0 Å². The average molecular weight is 415 g/mol. The fraction of sp³-hybridized carbons (Fsp3) is 0.211. The standard InChI is InChI=1S/C19H19BrN4O2/c1-12-3-2-4-16(9-12)22-17-8-5-14(20)10-13(17)11-21-24-19(26)18(25)23-15-6-7-15/h2-5,8-11,15,22H,6-7H2,1H3,(H,23,25)(H,24,26)/b21-11-. The zero-order valence-corrected chi connectivity index (χ0v) is 15.8. The average Bonchev–Trinajstić information content (AvgIpc) is 3.41. The van der Waals surface area contributed by atoms with E-state index in [1.165, 1.54) is 6.21 Å². The lowest BCUT2D eigenvalue weighted by Crippen LogP contribution is -2.38. The third-order valence-electron chi connectivity index (χ3n) is 3.80. The molecule has 1 saturated carbocycles. The Kier molecular flexibility index (Phi) is 5.68. The van der Waals surface area contributed by atoms with E-state index in [-0.39, 0.29) is 6.04 Å². The summed E-state index contributed by atoms with van der Waals surface area (Å²) >= 11 is 3.43. The number of nitrogens with one attached hydrogen (secondary N) is 3. The molecule has 2 aromatic carbocycles. The summed E-state index contributed by atoms with van der Waals surface area (Å²) in [5.74, 6) is -1.42. The van der Waals surface area contributed by atoms with E-state index >= 15 is 0 Å². The molecule has 0 heterocycles. The third-order valence-corrected chi connectivity index (χ3v) is 4.29. The van der Waals surface area contributed by atoms with Gasteiger partial charge in [0.1, 0.15) is 0 Å². The number of aryl methyl sites for hydroxylation is 1. The van der Waals surface area contributed by atoms with Crippen LogP contribution in [-0.2, 0) is 9.59 Å². The first-order valence-electron chi connectivity index (χ1n) is 8.28. The summed E-state index contributed by atoms with van der Waals surface area (Å²) in [6.07, 6.45) is 3.35. The lowest BCUT2D eigenvalue weighted by molar-refractivity contribution is -0.139.